The molecule has 1 amide bonds. The Morgan fingerprint density at radius 3 is 2.66 bits per heavy atom. The van der Waals surface area contributed by atoms with Gasteiger partial charge in [0.1, 0.15) is 5.82 Å². The largest absolute Gasteiger partial charge is 0.366 e. The lowest BCUT2D eigenvalue weighted by Gasteiger charge is -2.13. The first kappa shape index (κ1) is 18.4. The number of H-pyrrole nitrogens is 1. The number of fused-ring (bicyclic) bond motifs is 1. The number of amides is 1. The van der Waals surface area contributed by atoms with Crippen LogP contribution in [0.3, 0.4) is 0 Å². The van der Waals surface area contributed by atoms with E-state index in [-0.39, 0.29) is 5.56 Å². The molecular weight excluding hydrogens is 366 g/mol. The molecule has 0 bridgehead atoms. The minimum atomic E-state index is -0.483. The molecule has 29 heavy (non-hydrogen) atoms. The summed E-state index contributed by atoms with van der Waals surface area (Å²) in [6.45, 7) is 3.79. The Balaban J connectivity index is 1.89. The highest BCUT2D eigenvalue weighted by Crippen LogP contribution is 2.29. The van der Waals surface area contributed by atoms with Crippen LogP contribution in [0.2, 0.25) is 0 Å². The molecule has 0 fully saturated rings. The molecule has 0 spiro atoms. The molecule has 7 nitrogen and oxygen atoms in total. The zero-order chi connectivity index (χ0) is 20.5. The number of aromatic amines is 1. The number of aryl methyl sites for hydroxylation is 2. The Kier molecular flexibility index (Phi) is 4.56. The monoisotopic (exact) mass is 385 g/mol. The minimum Gasteiger partial charge on any atom is -0.366 e. The van der Waals surface area contributed by atoms with E-state index in [0.717, 1.165) is 22.1 Å². The lowest BCUT2D eigenvalue weighted by molar-refractivity contribution is 0.0999. The van der Waals surface area contributed by atoms with Crippen molar-refractivity contribution in [3.8, 4) is 11.3 Å². The number of primary amides is 1. The Bertz CT molecular complexity index is 1310. The van der Waals surface area contributed by atoms with Gasteiger partial charge in [0.05, 0.1) is 11.1 Å². The molecule has 1 aromatic carbocycles. The summed E-state index contributed by atoms with van der Waals surface area (Å²) in [5.41, 5.74) is 9.66. The third kappa shape index (κ3) is 3.45. The molecule has 0 unspecified atom stereocenters. The number of aromatic nitrogens is 3. The van der Waals surface area contributed by atoms with Crippen molar-refractivity contribution in [1.82, 2.24) is 15.0 Å². The van der Waals surface area contributed by atoms with E-state index >= 15 is 0 Å². The fraction of sp³-hybridized carbons (Fsp3) is 0.0909. The van der Waals surface area contributed by atoms with Gasteiger partial charge in [0.15, 0.2) is 0 Å². The van der Waals surface area contributed by atoms with Crippen molar-refractivity contribution >= 4 is 28.2 Å². The van der Waals surface area contributed by atoms with Crippen molar-refractivity contribution in [1.29, 1.82) is 0 Å². The van der Waals surface area contributed by atoms with E-state index in [0.29, 0.717) is 28.1 Å². The van der Waals surface area contributed by atoms with Gasteiger partial charge in [0.2, 0.25) is 5.91 Å². The maximum Gasteiger partial charge on any atom is 0.259 e. The van der Waals surface area contributed by atoms with Gasteiger partial charge in [-0.1, -0.05) is 0 Å². The normalized spacial score (nSPS) is 10.8. The van der Waals surface area contributed by atoms with Crippen LogP contribution in [0.25, 0.3) is 22.0 Å². The van der Waals surface area contributed by atoms with E-state index in [4.69, 9.17) is 10.7 Å². The fourth-order valence-corrected chi connectivity index (χ4v) is 3.33. The van der Waals surface area contributed by atoms with Crippen molar-refractivity contribution in [2.75, 3.05) is 5.32 Å². The van der Waals surface area contributed by atoms with E-state index in [9.17, 15) is 9.59 Å². The van der Waals surface area contributed by atoms with E-state index in [2.05, 4.69) is 15.3 Å². The number of anilines is 2. The van der Waals surface area contributed by atoms with Crippen LogP contribution in [-0.4, -0.2) is 20.9 Å². The molecule has 3 heterocycles. The van der Waals surface area contributed by atoms with Crippen LogP contribution in [0.5, 0.6) is 0 Å². The summed E-state index contributed by atoms with van der Waals surface area (Å²) in [6.07, 6.45) is 5.10. The summed E-state index contributed by atoms with van der Waals surface area (Å²) in [7, 11) is 0. The van der Waals surface area contributed by atoms with E-state index in [1.165, 1.54) is 0 Å². The number of carbonyl (C=O) groups is 1. The summed E-state index contributed by atoms with van der Waals surface area (Å²) >= 11 is 0. The summed E-state index contributed by atoms with van der Waals surface area (Å²) in [4.78, 5) is 35.6. The lowest BCUT2D eigenvalue weighted by Crippen LogP contribution is -2.13. The summed E-state index contributed by atoms with van der Waals surface area (Å²) in [5, 5.41) is 4.43. The average molecular weight is 385 g/mol. The molecule has 4 rings (SSSR count). The number of nitrogens with two attached hydrogens (primary N) is 1. The van der Waals surface area contributed by atoms with Gasteiger partial charge >= 0.3 is 0 Å². The van der Waals surface area contributed by atoms with Gasteiger partial charge in [-0.3, -0.25) is 14.6 Å². The van der Waals surface area contributed by atoms with Gasteiger partial charge < -0.3 is 16.0 Å². The van der Waals surface area contributed by atoms with Crippen molar-refractivity contribution in [3.05, 3.63) is 82.0 Å². The third-order valence-corrected chi connectivity index (χ3v) is 4.82. The maximum atomic E-state index is 12.5. The molecule has 3 aromatic heterocycles. The highest BCUT2D eigenvalue weighted by atomic mass is 16.1. The molecule has 0 saturated heterocycles. The molecule has 4 N–H and O–H groups in total. The summed E-state index contributed by atoms with van der Waals surface area (Å²) in [5.74, 6) is -0.0584. The van der Waals surface area contributed by atoms with E-state index in [1.807, 2.05) is 25.1 Å². The quantitative estimate of drug-likeness (QED) is 0.498. The van der Waals surface area contributed by atoms with Crippen molar-refractivity contribution in [2.45, 2.75) is 13.8 Å². The van der Waals surface area contributed by atoms with Crippen molar-refractivity contribution in [3.63, 3.8) is 0 Å². The summed E-state index contributed by atoms with van der Waals surface area (Å²) in [6, 6.07) is 10.8. The number of hydrogen-bond acceptors (Lipinski definition) is 5. The van der Waals surface area contributed by atoms with Gasteiger partial charge in [-0.2, -0.15) is 0 Å². The number of rotatable bonds is 4. The maximum absolute atomic E-state index is 12.5. The first-order valence-electron chi connectivity index (χ1n) is 9.05. The molecule has 144 valence electrons. The molecule has 0 atom stereocenters. The third-order valence-electron chi connectivity index (χ3n) is 4.82. The van der Waals surface area contributed by atoms with Crippen LogP contribution < -0.4 is 16.6 Å². The molecule has 0 saturated carbocycles. The zero-order valence-corrected chi connectivity index (χ0v) is 16.0. The molecule has 4 aromatic rings. The Hall–Kier alpha value is -4.00. The average Bonchev–Trinajstić information content (AvgIpc) is 2.68. The Labute approximate surface area is 166 Å². The predicted molar refractivity (Wildman–Crippen MR) is 113 cm³/mol. The van der Waals surface area contributed by atoms with Crippen LogP contribution in [0.15, 0.2) is 59.8 Å². The first-order valence-corrected chi connectivity index (χ1v) is 9.05. The van der Waals surface area contributed by atoms with Gasteiger partial charge in [0, 0.05) is 35.4 Å². The van der Waals surface area contributed by atoms with Crippen molar-refractivity contribution in [2.24, 2.45) is 5.73 Å². The van der Waals surface area contributed by atoms with E-state index < -0.39 is 5.91 Å². The van der Waals surface area contributed by atoms with Gasteiger partial charge in [-0.25, -0.2) is 4.98 Å². The van der Waals surface area contributed by atoms with Crippen LogP contribution in [0, 0.1) is 13.8 Å². The molecule has 0 radical (unpaired) electrons. The molecule has 0 aliphatic heterocycles. The highest BCUT2D eigenvalue weighted by molar-refractivity contribution is 5.97. The predicted octanol–water partition coefficient (Wildman–Crippen LogP) is 3.44. The lowest BCUT2D eigenvalue weighted by atomic mass is 10.1. The zero-order valence-electron chi connectivity index (χ0n) is 16.0. The number of pyridine rings is 3. The molecule has 0 aliphatic rings. The fourth-order valence-electron chi connectivity index (χ4n) is 3.33. The van der Waals surface area contributed by atoms with Crippen LogP contribution in [0.4, 0.5) is 11.5 Å². The number of hydrogen-bond donors (Lipinski definition) is 3. The number of carbonyl (C=O) groups excluding carboxylic acids is 1. The molecule has 0 aliphatic carbocycles. The molecular formula is C22H19N5O2. The molecule has 7 heteroatoms. The van der Waals surface area contributed by atoms with Gasteiger partial charge in [0.25, 0.3) is 5.56 Å². The SMILES string of the molecule is Cc1cc(Nc2nc(-c3cnccc3C)cc3cc[nH]c(=O)c23)ccc1C(N)=O. The Morgan fingerprint density at radius 1 is 1.10 bits per heavy atom. The van der Waals surface area contributed by atoms with Crippen LogP contribution in [0.1, 0.15) is 21.5 Å². The smallest absolute Gasteiger partial charge is 0.259 e. The number of benzene rings is 1. The van der Waals surface area contributed by atoms with E-state index in [1.54, 1.807) is 43.7 Å². The number of nitrogens with one attached hydrogen (secondary N) is 2. The second-order valence-electron chi connectivity index (χ2n) is 6.84. The second-order valence-corrected chi connectivity index (χ2v) is 6.84. The van der Waals surface area contributed by atoms with Crippen LogP contribution in [-0.2, 0) is 0 Å². The van der Waals surface area contributed by atoms with Gasteiger partial charge in [-0.15, -0.1) is 0 Å². The van der Waals surface area contributed by atoms with Gasteiger partial charge in [-0.05, 0) is 66.8 Å². The van der Waals surface area contributed by atoms with Crippen LogP contribution >= 0.6 is 0 Å². The highest BCUT2D eigenvalue weighted by Gasteiger charge is 2.13. The standard InChI is InChI=1S/C22H19N5O2/c1-12-5-7-24-11-17(12)18-10-14-6-8-25-22(29)19(14)21(27-18)26-15-3-4-16(20(23)28)13(2)9-15/h3-11H,1-2H3,(H2,23,28)(H,25,29)(H,26,27). The Morgan fingerprint density at radius 2 is 1.93 bits per heavy atom. The first-order chi connectivity index (χ1) is 13.9. The second kappa shape index (κ2) is 7.20. The summed E-state index contributed by atoms with van der Waals surface area (Å²) < 4.78 is 0. The van der Waals surface area contributed by atoms with Crippen molar-refractivity contribution < 1.29 is 4.79 Å². The number of nitrogens with zero attached hydrogens (tertiary/aromatic N) is 2. The topological polar surface area (TPSA) is 114 Å². The minimum absolute atomic E-state index is 0.238.